The molecule has 1 saturated carbocycles. The highest BCUT2D eigenvalue weighted by Gasteiger charge is 2.47. The highest BCUT2D eigenvalue weighted by molar-refractivity contribution is 6.10. The van der Waals surface area contributed by atoms with Gasteiger partial charge in [-0.3, -0.25) is 14.4 Å². The van der Waals surface area contributed by atoms with Crippen LogP contribution in [0.3, 0.4) is 0 Å². The molecule has 1 heterocycles. The van der Waals surface area contributed by atoms with E-state index in [0.717, 1.165) is 28.9 Å². The Morgan fingerprint density at radius 3 is 2.34 bits per heavy atom. The lowest BCUT2D eigenvalue weighted by Crippen LogP contribution is -2.50. The Hall–Kier alpha value is -4.73. The maximum Gasteiger partial charge on any atom is 0.325 e. The molecule has 0 radical (unpaired) electrons. The molecule has 3 atom stereocenters. The minimum atomic E-state index is -1.26. The first kappa shape index (κ1) is 27.8. The lowest BCUT2D eigenvalue weighted by Gasteiger charge is -2.30. The van der Waals surface area contributed by atoms with Gasteiger partial charge in [0.2, 0.25) is 5.91 Å². The van der Waals surface area contributed by atoms with E-state index in [1.54, 1.807) is 49.4 Å². The van der Waals surface area contributed by atoms with Gasteiger partial charge in [-0.1, -0.05) is 55.5 Å². The third-order valence-electron chi connectivity index (χ3n) is 7.48. The molecular formula is C31H31FN4O5. The van der Waals surface area contributed by atoms with Crippen LogP contribution in [0.25, 0.3) is 0 Å². The van der Waals surface area contributed by atoms with Crippen molar-refractivity contribution in [1.29, 1.82) is 0 Å². The first-order chi connectivity index (χ1) is 19.8. The van der Waals surface area contributed by atoms with Crippen molar-refractivity contribution in [2.45, 2.75) is 43.7 Å². The number of nitrogens with zero attached hydrogens (tertiary/aromatic N) is 1. The van der Waals surface area contributed by atoms with Crippen LogP contribution in [-0.4, -0.2) is 48.3 Å². The van der Waals surface area contributed by atoms with Crippen LogP contribution < -0.4 is 20.7 Å². The summed E-state index contributed by atoms with van der Waals surface area (Å²) in [5, 5.41) is 7.75. The summed E-state index contributed by atoms with van der Waals surface area (Å²) < 4.78 is 20.4. The van der Waals surface area contributed by atoms with E-state index in [1.807, 2.05) is 18.2 Å². The SMILES string of the molecule is CNC(=O)COc1ccc(C2NC(=O)N([C@H](C(=O)Nc3ccc(C4CC4)cc3F)[C@@H](C)c3ccccc3)C2=O)cc1. The number of urea groups is 1. The number of imide groups is 1. The molecule has 1 aliphatic carbocycles. The van der Waals surface area contributed by atoms with Gasteiger partial charge in [0.05, 0.1) is 5.69 Å². The number of carbonyl (C=O) groups excluding carboxylic acids is 4. The monoisotopic (exact) mass is 558 g/mol. The van der Waals surface area contributed by atoms with E-state index in [1.165, 1.54) is 19.2 Å². The fourth-order valence-electron chi connectivity index (χ4n) is 4.98. The number of benzene rings is 3. The van der Waals surface area contributed by atoms with E-state index in [9.17, 15) is 23.6 Å². The molecule has 3 aromatic carbocycles. The number of ether oxygens (including phenoxy) is 1. The number of hydrogen-bond acceptors (Lipinski definition) is 5. The number of anilines is 1. The highest BCUT2D eigenvalue weighted by Crippen LogP contribution is 2.41. The fourth-order valence-corrected chi connectivity index (χ4v) is 4.98. The predicted octanol–water partition coefficient (Wildman–Crippen LogP) is 4.23. The van der Waals surface area contributed by atoms with E-state index < -0.39 is 41.7 Å². The molecular weight excluding hydrogens is 527 g/mol. The zero-order valence-corrected chi connectivity index (χ0v) is 22.7. The van der Waals surface area contributed by atoms with Crippen molar-refractivity contribution >= 4 is 29.4 Å². The van der Waals surface area contributed by atoms with Crippen molar-refractivity contribution in [3.63, 3.8) is 0 Å². The van der Waals surface area contributed by atoms with Crippen molar-refractivity contribution in [3.05, 3.63) is 95.3 Å². The second kappa shape index (κ2) is 11.8. The molecule has 3 aromatic rings. The molecule has 0 aromatic heterocycles. The summed E-state index contributed by atoms with van der Waals surface area (Å²) >= 11 is 0. The third kappa shape index (κ3) is 6.06. The van der Waals surface area contributed by atoms with Gasteiger partial charge in [-0.2, -0.15) is 0 Å². The average molecular weight is 559 g/mol. The van der Waals surface area contributed by atoms with Crippen LogP contribution in [-0.2, 0) is 14.4 Å². The van der Waals surface area contributed by atoms with Gasteiger partial charge in [-0.25, -0.2) is 14.1 Å². The summed E-state index contributed by atoms with van der Waals surface area (Å²) in [6, 6.07) is 17.2. The molecule has 1 unspecified atom stereocenters. The Morgan fingerprint density at radius 2 is 1.71 bits per heavy atom. The molecule has 2 fully saturated rings. The molecule has 0 bridgehead atoms. The van der Waals surface area contributed by atoms with Crippen LogP contribution in [0.1, 0.15) is 54.3 Å². The van der Waals surface area contributed by atoms with Gasteiger partial charge in [-0.05, 0) is 59.7 Å². The molecule has 212 valence electrons. The molecule has 5 rings (SSSR count). The number of halogens is 1. The Kier molecular flexibility index (Phi) is 8.00. The van der Waals surface area contributed by atoms with E-state index >= 15 is 0 Å². The Labute approximate surface area is 237 Å². The molecule has 0 spiro atoms. The minimum Gasteiger partial charge on any atom is -0.484 e. The molecule has 1 saturated heterocycles. The van der Waals surface area contributed by atoms with E-state index in [4.69, 9.17) is 4.74 Å². The van der Waals surface area contributed by atoms with Gasteiger partial charge in [-0.15, -0.1) is 0 Å². The number of carbonyl (C=O) groups is 4. The first-order valence-electron chi connectivity index (χ1n) is 13.5. The number of likely N-dealkylation sites (N-methyl/N-ethyl adjacent to an activating group) is 1. The number of rotatable bonds is 10. The van der Waals surface area contributed by atoms with Crippen LogP contribution in [0, 0.1) is 5.82 Å². The summed E-state index contributed by atoms with van der Waals surface area (Å²) in [6.45, 7) is 1.58. The van der Waals surface area contributed by atoms with Crippen molar-refractivity contribution in [2.24, 2.45) is 0 Å². The van der Waals surface area contributed by atoms with Crippen LogP contribution in [0.5, 0.6) is 5.75 Å². The second-order valence-corrected chi connectivity index (χ2v) is 10.3. The first-order valence-corrected chi connectivity index (χ1v) is 13.5. The van der Waals surface area contributed by atoms with Gasteiger partial charge < -0.3 is 20.7 Å². The van der Waals surface area contributed by atoms with Gasteiger partial charge >= 0.3 is 6.03 Å². The number of hydrogen-bond donors (Lipinski definition) is 3. The molecule has 9 nitrogen and oxygen atoms in total. The number of nitrogens with one attached hydrogen (secondary N) is 3. The molecule has 2 aliphatic rings. The van der Waals surface area contributed by atoms with E-state index in [0.29, 0.717) is 17.2 Å². The van der Waals surface area contributed by atoms with E-state index in [2.05, 4.69) is 16.0 Å². The Balaban J connectivity index is 1.39. The number of amides is 5. The molecule has 10 heteroatoms. The van der Waals surface area contributed by atoms with Crippen LogP contribution in [0.2, 0.25) is 0 Å². The minimum absolute atomic E-state index is 0.0133. The smallest absolute Gasteiger partial charge is 0.325 e. The fraction of sp³-hybridized carbons (Fsp3) is 0.290. The van der Waals surface area contributed by atoms with Gasteiger partial charge in [0, 0.05) is 13.0 Å². The maximum atomic E-state index is 14.9. The van der Waals surface area contributed by atoms with Gasteiger partial charge in [0.25, 0.3) is 11.8 Å². The maximum absolute atomic E-state index is 14.9. The molecule has 3 N–H and O–H groups in total. The molecule has 1 aliphatic heterocycles. The molecule has 41 heavy (non-hydrogen) atoms. The lowest BCUT2D eigenvalue weighted by atomic mass is 9.91. The molecule has 5 amide bonds. The highest BCUT2D eigenvalue weighted by atomic mass is 19.1. The Morgan fingerprint density at radius 1 is 1.02 bits per heavy atom. The summed E-state index contributed by atoms with van der Waals surface area (Å²) in [4.78, 5) is 53.0. The summed E-state index contributed by atoms with van der Waals surface area (Å²) in [5.41, 5.74) is 2.09. The topological polar surface area (TPSA) is 117 Å². The van der Waals surface area contributed by atoms with Gasteiger partial charge in [0.15, 0.2) is 6.61 Å². The quantitative estimate of drug-likeness (QED) is 0.322. The van der Waals surface area contributed by atoms with Gasteiger partial charge in [0.1, 0.15) is 23.7 Å². The normalized spacial score (nSPS) is 17.9. The standard InChI is InChI=1S/C31H31FN4O5/c1-18(19-6-4-3-5-7-19)28(29(38)34-25-15-12-22(16-24(25)32)20-8-9-20)36-30(39)27(35-31(36)40)21-10-13-23(14-11-21)41-17-26(37)33-2/h3-7,10-16,18,20,27-28H,8-9,17H2,1-2H3,(H,33,37)(H,34,38)(H,35,40)/t18-,27?,28-/m0/s1. The van der Waals surface area contributed by atoms with Crippen LogP contribution in [0.4, 0.5) is 14.9 Å². The Bertz CT molecular complexity index is 1460. The van der Waals surface area contributed by atoms with Crippen molar-refractivity contribution in [2.75, 3.05) is 19.0 Å². The average Bonchev–Trinajstić information content (AvgIpc) is 3.80. The summed E-state index contributed by atoms with van der Waals surface area (Å²) in [6.07, 6.45) is 2.03. The van der Waals surface area contributed by atoms with Crippen molar-refractivity contribution in [3.8, 4) is 5.75 Å². The largest absolute Gasteiger partial charge is 0.484 e. The second-order valence-electron chi connectivity index (χ2n) is 10.3. The zero-order valence-electron chi connectivity index (χ0n) is 22.7. The lowest BCUT2D eigenvalue weighted by molar-refractivity contribution is -0.134. The summed E-state index contributed by atoms with van der Waals surface area (Å²) in [7, 11) is 1.50. The summed E-state index contributed by atoms with van der Waals surface area (Å²) in [5.74, 6) is -1.99. The third-order valence-corrected chi connectivity index (χ3v) is 7.48. The van der Waals surface area contributed by atoms with Crippen LogP contribution in [0.15, 0.2) is 72.8 Å². The van der Waals surface area contributed by atoms with Crippen molar-refractivity contribution < 1.29 is 28.3 Å². The predicted molar refractivity (Wildman–Crippen MR) is 150 cm³/mol. The van der Waals surface area contributed by atoms with E-state index in [-0.39, 0.29) is 18.2 Å². The van der Waals surface area contributed by atoms with Crippen LogP contribution >= 0.6 is 0 Å². The van der Waals surface area contributed by atoms with Crippen molar-refractivity contribution in [1.82, 2.24) is 15.5 Å². The zero-order chi connectivity index (χ0) is 29.1.